The second-order valence-corrected chi connectivity index (χ2v) is 10.3. The molecule has 0 bridgehead atoms. The number of rotatable bonds is 5. The minimum absolute atomic E-state index is 0.0465. The summed E-state index contributed by atoms with van der Waals surface area (Å²) in [6.45, 7) is 1.99. The fraction of sp³-hybridized carbons (Fsp3) is 0.429. The Hall–Kier alpha value is -2.80. The van der Waals surface area contributed by atoms with Gasteiger partial charge in [-0.1, -0.05) is 13.0 Å². The van der Waals surface area contributed by atoms with E-state index in [2.05, 4.69) is 10.3 Å². The predicted octanol–water partition coefficient (Wildman–Crippen LogP) is 4.48. The Labute approximate surface area is 192 Å². The number of anilines is 1. The molecular formula is C21H22F5N3O4S. The molecule has 34 heavy (non-hydrogen) atoms. The summed E-state index contributed by atoms with van der Waals surface area (Å²) in [7, 11) is -2.08. The number of nitrogens with one attached hydrogen (secondary N) is 2. The van der Waals surface area contributed by atoms with Gasteiger partial charge < -0.3 is 14.8 Å². The first-order valence-electron chi connectivity index (χ1n) is 9.89. The monoisotopic (exact) mass is 507 g/mol. The number of alkyl halides is 3. The molecule has 1 saturated heterocycles. The van der Waals surface area contributed by atoms with Crippen molar-refractivity contribution in [2.24, 2.45) is 5.92 Å². The van der Waals surface area contributed by atoms with Gasteiger partial charge in [-0.25, -0.2) is 18.4 Å². The number of amides is 1. The second-order valence-electron chi connectivity index (χ2n) is 8.16. The molecule has 0 aliphatic carbocycles. The fourth-order valence-electron chi connectivity index (χ4n) is 3.94. The van der Waals surface area contributed by atoms with Crippen LogP contribution in [0, 0.1) is 22.3 Å². The first kappa shape index (κ1) is 25.8. The van der Waals surface area contributed by atoms with Gasteiger partial charge in [0, 0.05) is 23.7 Å². The number of carbonyl (C=O) groups excluding carboxylic acids is 1. The normalized spacial score (nSPS) is 26.7. The van der Waals surface area contributed by atoms with Gasteiger partial charge in [-0.2, -0.15) is 17.6 Å². The van der Waals surface area contributed by atoms with Gasteiger partial charge in [-0.15, -0.1) is 0 Å². The van der Waals surface area contributed by atoms with E-state index in [9.17, 15) is 31.0 Å². The molecule has 2 heterocycles. The number of nitrogens with zero attached hydrogens (tertiary/aromatic N) is 1. The Morgan fingerprint density at radius 3 is 2.41 bits per heavy atom. The standard InChI is InChI=1S/C21H22F5N3O4S/c1-10-15(12-6-7-13(22)16(23)17(12)32-3)18(33-20(10,2)21(24,25)26)19(30)29-11-5-8-14(28-9-11)34(4,27)31/h5-10,15,18,27H,1-4H3,(H,29,30)/t10-,15-,18+,20+,34?/m0/s1. The van der Waals surface area contributed by atoms with Gasteiger partial charge in [0.1, 0.15) is 11.1 Å². The van der Waals surface area contributed by atoms with E-state index in [1.165, 1.54) is 19.1 Å². The zero-order valence-electron chi connectivity index (χ0n) is 18.5. The van der Waals surface area contributed by atoms with Crippen LogP contribution in [0.1, 0.15) is 25.3 Å². The van der Waals surface area contributed by atoms with Gasteiger partial charge in [0.2, 0.25) is 5.82 Å². The average Bonchev–Trinajstić information content (AvgIpc) is 3.02. The number of halogens is 5. The Morgan fingerprint density at radius 2 is 1.91 bits per heavy atom. The van der Waals surface area contributed by atoms with Crippen LogP contribution in [0.3, 0.4) is 0 Å². The lowest BCUT2D eigenvalue weighted by atomic mass is 9.77. The van der Waals surface area contributed by atoms with Crippen LogP contribution in [-0.2, 0) is 19.3 Å². The highest BCUT2D eigenvalue weighted by molar-refractivity contribution is 7.91. The first-order valence-corrected chi connectivity index (χ1v) is 11.9. The van der Waals surface area contributed by atoms with Crippen LogP contribution in [0.5, 0.6) is 5.75 Å². The molecule has 0 spiro atoms. The molecule has 186 valence electrons. The summed E-state index contributed by atoms with van der Waals surface area (Å²) in [5, 5.41) is 2.33. The summed E-state index contributed by atoms with van der Waals surface area (Å²) >= 11 is 0. The maximum absolute atomic E-state index is 14.4. The molecule has 5 atom stereocenters. The smallest absolute Gasteiger partial charge is 0.417 e. The van der Waals surface area contributed by atoms with Gasteiger partial charge in [-0.05, 0) is 25.1 Å². The molecule has 0 radical (unpaired) electrons. The summed E-state index contributed by atoms with van der Waals surface area (Å²) in [5.41, 5.74) is -2.89. The molecule has 13 heteroatoms. The molecule has 1 aromatic carbocycles. The highest BCUT2D eigenvalue weighted by Crippen LogP contribution is 2.55. The fourth-order valence-corrected chi connectivity index (χ4v) is 4.52. The van der Waals surface area contributed by atoms with E-state index in [1.807, 2.05) is 0 Å². The number of ether oxygens (including phenoxy) is 2. The molecule has 0 saturated carbocycles. The molecule has 2 aromatic rings. The average molecular weight is 507 g/mol. The Morgan fingerprint density at radius 1 is 1.26 bits per heavy atom. The Kier molecular flexibility index (Phi) is 6.66. The lowest BCUT2D eigenvalue weighted by Gasteiger charge is -2.32. The summed E-state index contributed by atoms with van der Waals surface area (Å²) in [5.74, 6) is -7.02. The number of aromatic nitrogens is 1. The van der Waals surface area contributed by atoms with Crippen LogP contribution in [0.15, 0.2) is 35.5 Å². The number of carbonyl (C=O) groups is 1. The molecular weight excluding hydrogens is 485 g/mol. The molecule has 1 amide bonds. The van der Waals surface area contributed by atoms with Gasteiger partial charge >= 0.3 is 6.18 Å². The molecule has 7 nitrogen and oxygen atoms in total. The molecule has 1 aliphatic rings. The quantitative estimate of drug-likeness (QED) is 0.581. The van der Waals surface area contributed by atoms with E-state index in [0.29, 0.717) is 0 Å². The van der Waals surface area contributed by atoms with E-state index in [1.54, 1.807) is 0 Å². The third-order valence-corrected chi connectivity index (χ3v) is 7.01. The minimum atomic E-state index is -4.88. The number of hydrogen-bond donors (Lipinski definition) is 2. The lowest BCUT2D eigenvalue weighted by molar-refractivity contribution is -0.272. The molecule has 1 aromatic heterocycles. The summed E-state index contributed by atoms with van der Waals surface area (Å²) in [6.07, 6.45) is -4.39. The van der Waals surface area contributed by atoms with Crippen molar-refractivity contribution >= 4 is 21.3 Å². The lowest BCUT2D eigenvalue weighted by Crippen LogP contribution is -2.47. The third-order valence-electron chi connectivity index (χ3n) is 5.97. The highest BCUT2D eigenvalue weighted by Gasteiger charge is 2.65. The van der Waals surface area contributed by atoms with E-state index in [4.69, 9.17) is 14.3 Å². The van der Waals surface area contributed by atoms with E-state index in [-0.39, 0.29) is 16.3 Å². The number of pyridine rings is 1. The molecule has 2 N–H and O–H groups in total. The van der Waals surface area contributed by atoms with Crippen molar-refractivity contribution in [1.82, 2.24) is 4.98 Å². The Bertz CT molecular complexity index is 1200. The van der Waals surface area contributed by atoms with Gasteiger partial charge in [0.05, 0.1) is 28.7 Å². The van der Waals surface area contributed by atoms with Crippen LogP contribution < -0.4 is 10.1 Å². The summed E-state index contributed by atoms with van der Waals surface area (Å²) < 4.78 is 99.5. The van der Waals surface area contributed by atoms with Crippen LogP contribution >= 0.6 is 0 Å². The first-order chi connectivity index (χ1) is 15.6. The summed E-state index contributed by atoms with van der Waals surface area (Å²) in [6, 6.07) is 4.32. The zero-order chi connectivity index (χ0) is 25.6. The predicted molar refractivity (Wildman–Crippen MR) is 112 cm³/mol. The van der Waals surface area contributed by atoms with Crippen molar-refractivity contribution in [3.8, 4) is 5.75 Å². The minimum Gasteiger partial charge on any atom is -0.493 e. The van der Waals surface area contributed by atoms with Crippen molar-refractivity contribution in [3.05, 3.63) is 47.7 Å². The Balaban J connectivity index is 2.04. The number of methoxy groups -OCH3 is 1. The molecule has 3 rings (SSSR count). The van der Waals surface area contributed by atoms with Crippen molar-refractivity contribution in [2.75, 3.05) is 18.7 Å². The second kappa shape index (κ2) is 8.77. The highest BCUT2D eigenvalue weighted by atomic mass is 32.2. The van der Waals surface area contributed by atoms with Gasteiger partial charge in [0.25, 0.3) is 5.91 Å². The molecule has 1 aliphatic heterocycles. The van der Waals surface area contributed by atoms with Crippen molar-refractivity contribution in [2.45, 2.75) is 42.7 Å². The van der Waals surface area contributed by atoms with Crippen molar-refractivity contribution in [1.29, 1.82) is 4.78 Å². The zero-order valence-corrected chi connectivity index (χ0v) is 19.3. The van der Waals surface area contributed by atoms with E-state index < -0.39 is 62.7 Å². The van der Waals surface area contributed by atoms with Crippen LogP contribution in [0.4, 0.5) is 27.6 Å². The maximum atomic E-state index is 14.4. The van der Waals surface area contributed by atoms with Crippen molar-refractivity contribution < 1.29 is 40.4 Å². The van der Waals surface area contributed by atoms with Crippen molar-refractivity contribution in [3.63, 3.8) is 0 Å². The third kappa shape index (κ3) is 4.45. The number of hydrogen-bond acceptors (Lipinski definition) is 6. The van der Waals surface area contributed by atoms with Gasteiger partial charge in [0.15, 0.2) is 17.2 Å². The molecule has 1 unspecified atom stereocenters. The van der Waals surface area contributed by atoms with E-state index in [0.717, 1.165) is 38.6 Å². The molecule has 1 fully saturated rings. The SMILES string of the molecule is COc1c([C@H]2[C@H](C(=O)Nc3ccc(S(C)(=N)=O)nc3)O[C@@](C)(C(F)(F)F)[C@H]2C)ccc(F)c1F. The topological polar surface area (TPSA) is 101 Å². The van der Waals surface area contributed by atoms with E-state index >= 15 is 0 Å². The largest absolute Gasteiger partial charge is 0.493 e. The maximum Gasteiger partial charge on any atom is 0.417 e. The summed E-state index contributed by atoms with van der Waals surface area (Å²) in [4.78, 5) is 16.9. The van der Waals surface area contributed by atoms with Crippen LogP contribution in [-0.4, -0.2) is 46.3 Å². The van der Waals surface area contributed by atoms with Crippen LogP contribution in [0.25, 0.3) is 0 Å². The number of benzene rings is 1. The van der Waals surface area contributed by atoms with Gasteiger partial charge in [-0.3, -0.25) is 4.79 Å². The van der Waals surface area contributed by atoms with Crippen LogP contribution in [0.2, 0.25) is 0 Å².